The Labute approximate surface area is 73.6 Å². The number of aliphatic hydroxyl groups excluding tert-OH is 1. The molecule has 0 aromatic carbocycles. The van der Waals surface area contributed by atoms with Gasteiger partial charge in [-0.25, -0.2) is 0 Å². The Balaban J connectivity index is 2.96. The first kappa shape index (κ1) is 9.50. The lowest BCUT2D eigenvalue weighted by Gasteiger charge is -2.31. The number of rotatable bonds is 0. The number of hydrogen-bond acceptors (Lipinski definition) is 3. The van der Waals surface area contributed by atoms with E-state index in [1.807, 2.05) is 27.8 Å². The van der Waals surface area contributed by atoms with Crippen molar-refractivity contribution in [2.45, 2.75) is 38.5 Å². The van der Waals surface area contributed by atoms with Gasteiger partial charge in [-0.05, 0) is 27.8 Å². The summed E-state index contributed by atoms with van der Waals surface area (Å²) in [6.07, 6.45) is -0.539. The maximum atomic E-state index is 9.79. The third-order valence-corrected chi connectivity index (χ3v) is 3.25. The molecule has 3 nitrogen and oxygen atoms in total. The number of aliphatic hydroxyl groups is 1. The van der Waals surface area contributed by atoms with Crippen molar-refractivity contribution in [1.82, 2.24) is 4.90 Å². The molecule has 0 bridgehead atoms. The van der Waals surface area contributed by atoms with E-state index >= 15 is 0 Å². The molecule has 0 aliphatic carbocycles. The Morgan fingerprint density at radius 2 is 2.00 bits per heavy atom. The molecule has 1 heterocycles. The van der Waals surface area contributed by atoms with Crippen LogP contribution in [0.3, 0.4) is 0 Å². The van der Waals surface area contributed by atoms with Crippen molar-refractivity contribution in [3.8, 4) is 6.07 Å². The first-order chi connectivity index (χ1) is 5.42. The van der Waals surface area contributed by atoms with E-state index < -0.39 is 6.10 Å². The molecule has 3 unspecified atom stereocenters. The van der Waals surface area contributed by atoms with Crippen LogP contribution in [0.1, 0.15) is 20.8 Å². The molecule has 3 heteroatoms. The Hall–Kier alpha value is -0.590. The maximum Gasteiger partial charge on any atom is 0.0892 e. The highest BCUT2D eigenvalue weighted by Crippen LogP contribution is 2.35. The van der Waals surface area contributed by atoms with Crippen LogP contribution in [-0.2, 0) is 0 Å². The first-order valence-corrected chi connectivity index (χ1v) is 4.23. The largest absolute Gasteiger partial charge is 0.390 e. The number of likely N-dealkylation sites (tertiary alicyclic amines) is 1. The molecule has 12 heavy (non-hydrogen) atoms. The van der Waals surface area contributed by atoms with Crippen LogP contribution in [0.5, 0.6) is 0 Å². The highest BCUT2D eigenvalue weighted by atomic mass is 16.3. The third-order valence-electron chi connectivity index (χ3n) is 3.25. The molecule has 0 saturated carbocycles. The zero-order chi connectivity index (χ0) is 9.52. The molecule has 1 aliphatic heterocycles. The van der Waals surface area contributed by atoms with Crippen LogP contribution in [0.4, 0.5) is 0 Å². The van der Waals surface area contributed by atoms with Gasteiger partial charge in [0.25, 0.3) is 0 Å². The van der Waals surface area contributed by atoms with Gasteiger partial charge in [0, 0.05) is 11.6 Å². The summed E-state index contributed by atoms with van der Waals surface area (Å²) < 4.78 is 0. The normalized spacial score (nSPS) is 41.2. The van der Waals surface area contributed by atoms with E-state index in [0.29, 0.717) is 0 Å². The molecule has 1 aliphatic rings. The zero-order valence-corrected chi connectivity index (χ0v) is 8.07. The predicted molar refractivity (Wildman–Crippen MR) is 46.4 cm³/mol. The molecule has 0 aromatic rings. The quantitative estimate of drug-likeness (QED) is 0.576. The smallest absolute Gasteiger partial charge is 0.0892 e. The topological polar surface area (TPSA) is 47.3 Å². The third kappa shape index (κ3) is 1.03. The van der Waals surface area contributed by atoms with E-state index in [1.165, 1.54) is 0 Å². The Morgan fingerprint density at radius 1 is 1.50 bits per heavy atom. The van der Waals surface area contributed by atoms with Gasteiger partial charge in [0.2, 0.25) is 0 Å². The number of nitrogens with zero attached hydrogens (tertiary/aromatic N) is 2. The summed E-state index contributed by atoms with van der Waals surface area (Å²) >= 11 is 0. The monoisotopic (exact) mass is 168 g/mol. The fraction of sp³-hybridized carbons (Fsp3) is 0.889. The van der Waals surface area contributed by atoms with Crippen LogP contribution in [0.2, 0.25) is 0 Å². The van der Waals surface area contributed by atoms with Crippen molar-refractivity contribution in [3.05, 3.63) is 0 Å². The molecule has 0 radical (unpaired) electrons. The van der Waals surface area contributed by atoms with E-state index in [9.17, 15) is 5.11 Å². The van der Waals surface area contributed by atoms with Gasteiger partial charge in [-0.15, -0.1) is 0 Å². The second kappa shape index (κ2) is 2.72. The molecule has 1 saturated heterocycles. The second-order valence-corrected chi connectivity index (χ2v) is 4.10. The van der Waals surface area contributed by atoms with Crippen LogP contribution in [0.15, 0.2) is 0 Å². The average molecular weight is 168 g/mol. The predicted octanol–water partition coefficient (Wildman–Crippen LogP) is 0.600. The summed E-state index contributed by atoms with van der Waals surface area (Å²) in [7, 11) is 1.95. The van der Waals surface area contributed by atoms with E-state index in [4.69, 9.17) is 5.26 Å². The first-order valence-electron chi connectivity index (χ1n) is 4.23. The van der Waals surface area contributed by atoms with Gasteiger partial charge in [0.15, 0.2) is 0 Å². The lowest BCUT2D eigenvalue weighted by molar-refractivity contribution is 0.0562. The highest BCUT2D eigenvalue weighted by Gasteiger charge is 2.49. The van der Waals surface area contributed by atoms with Gasteiger partial charge in [-0.2, -0.15) is 5.26 Å². The van der Waals surface area contributed by atoms with Crippen molar-refractivity contribution in [1.29, 1.82) is 5.26 Å². The minimum absolute atomic E-state index is 0.139. The van der Waals surface area contributed by atoms with Crippen molar-refractivity contribution < 1.29 is 5.11 Å². The molecule has 0 aromatic heterocycles. The molecular formula is C9H16N2O. The van der Waals surface area contributed by atoms with E-state index in [0.717, 1.165) is 0 Å². The zero-order valence-electron chi connectivity index (χ0n) is 8.07. The minimum atomic E-state index is -0.539. The van der Waals surface area contributed by atoms with Crippen molar-refractivity contribution in [2.75, 3.05) is 7.05 Å². The molecule has 68 valence electrons. The highest BCUT2D eigenvalue weighted by molar-refractivity contribution is 5.10. The number of nitriles is 1. The summed E-state index contributed by atoms with van der Waals surface area (Å²) in [6.45, 7) is 5.91. The van der Waals surface area contributed by atoms with E-state index in [-0.39, 0.29) is 17.5 Å². The van der Waals surface area contributed by atoms with Gasteiger partial charge in [0.1, 0.15) is 0 Å². The van der Waals surface area contributed by atoms with Crippen molar-refractivity contribution >= 4 is 0 Å². The average Bonchev–Trinajstić information content (AvgIpc) is 2.15. The van der Waals surface area contributed by atoms with Crippen molar-refractivity contribution in [3.63, 3.8) is 0 Å². The van der Waals surface area contributed by atoms with Crippen LogP contribution in [0, 0.1) is 17.2 Å². The molecular weight excluding hydrogens is 152 g/mol. The van der Waals surface area contributed by atoms with Crippen molar-refractivity contribution in [2.24, 2.45) is 5.92 Å². The summed E-state index contributed by atoms with van der Waals surface area (Å²) in [5, 5.41) is 18.6. The molecule has 0 amide bonds. The van der Waals surface area contributed by atoms with Crippen LogP contribution >= 0.6 is 0 Å². The summed E-state index contributed by atoms with van der Waals surface area (Å²) in [5.74, 6) is -0.259. The van der Waals surface area contributed by atoms with Gasteiger partial charge in [-0.1, -0.05) is 0 Å². The van der Waals surface area contributed by atoms with E-state index in [2.05, 4.69) is 11.0 Å². The maximum absolute atomic E-state index is 9.79. The second-order valence-electron chi connectivity index (χ2n) is 4.10. The van der Waals surface area contributed by atoms with Gasteiger partial charge < -0.3 is 5.11 Å². The van der Waals surface area contributed by atoms with Crippen LogP contribution < -0.4 is 0 Å². The van der Waals surface area contributed by atoms with E-state index in [1.54, 1.807) is 0 Å². The minimum Gasteiger partial charge on any atom is -0.390 e. The fourth-order valence-corrected chi connectivity index (χ4v) is 1.86. The lowest BCUT2D eigenvalue weighted by atomic mass is 9.92. The van der Waals surface area contributed by atoms with Gasteiger partial charge in [0.05, 0.1) is 18.1 Å². The standard InChI is InChI=1S/C9H16N2O/c1-6-7(5-10)8(12)9(2,3)11(6)4/h6-8,12H,1-4H3. The van der Waals surface area contributed by atoms with Crippen LogP contribution in [0.25, 0.3) is 0 Å². The van der Waals surface area contributed by atoms with Gasteiger partial charge >= 0.3 is 0 Å². The Kier molecular flexibility index (Phi) is 2.15. The summed E-state index contributed by atoms with van der Waals surface area (Å²) in [6, 6.07) is 2.30. The Morgan fingerprint density at radius 3 is 2.17 bits per heavy atom. The summed E-state index contributed by atoms with van der Waals surface area (Å²) in [4.78, 5) is 2.06. The molecule has 1 fully saturated rings. The molecule has 1 N–H and O–H groups in total. The number of likely N-dealkylation sites (N-methyl/N-ethyl adjacent to an activating group) is 1. The van der Waals surface area contributed by atoms with Crippen LogP contribution in [-0.4, -0.2) is 34.7 Å². The fourth-order valence-electron chi connectivity index (χ4n) is 1.86. The van der Waals surface area contributed by atoms with Gasteiger partial charge in [-0.3, -0.25) is 4.90 Å². The molecule has 3 atom stereocenters. The lowest BCUT2D eigenvalue weighted by Crippen LogP contribution is -2.44. The SMILES string of the molecule is CC1C(C#N)C(O)C(C)(C)N1C. The Bertz CT molecular complexity index is 219. The molecule has 0 spiro atoms. The molecule has 1 rings (SSSR count). The summed E-state index contributed by atoms with van der Waals surface area (Å²) in [5.41, 5.74) is -0.278. The number of hydrogen-bond donors (Lipinski definition) is 1.